The molecule has 1 atom stereocenters. The fourth-order valence-corrected chi connectivity index (χ4v) is 3.63. The quantitative estimate of drug-likeness (QED) is 0.552. The predicted molar refractivity (Wildman–Crippen MR) is 97.8 cm³/mol. The van der Waals surface area contributed by atoms with Gasteiger partial charge in [-0.2, -0.15) is 10.1 Å². The van der Waals surface area contributed by atoms with Crippen LogP contribution in [0.1, 0.15) is 30.2 Å². The normalized spacial score (nSPS) is 18.1. The fourth-order valence-electron chi connectivity index (χ4n) is 3.63. The number of nitrogens with zero attached hydrogens (tertiary/aromatic N) is 7. The summed E-state index contributed by atoms with van der Waals surface area (Å²) in [6.45, 7) is 2.86. The van der Waals surface area contributed by atoms with E-state index in [0.29, 0.717) is 11.7 Å². The summed E-state index contributed by atoms with van der Waals surface area (Å²) >= 11 is 0. The van der Waals surface area contributed by atoms with Crippen LogP contribution in [0.4, 0.5) is 0 Å². The van der Waals surface area contributed by atoms with Crippen molar-refractivity contribution < 1.29 is 4.52 Å². The number of aromatic nitrogens is 6. The van der Waals surface area contributed by atoms with E-state index in [-0.39, 0.29) is 5.92 Å². The van der Waals surface area contributed by atoms with Gasteiger partial charge in [-0.3, -0.25) is 9.88 Å². The first kappa shape index (κ1) is 16.1. The van der Waals surface area contributed by atoms with Crippen molar-refractivity contribution in [2.45, 2.75) is 25.3 Å². The van der Waals surface area contributed by atoms with Gasteiger partial charge in [0.05, 0.1) is 5.92 Å². The second-order valence-electron chi connectivity index (χ2n) is 6.87. The Balaban J connectivity index is 1.30. The van der Waals surface area contributed by atoms with E-state index in [0.717, 1.165) is 43.7 Å². The standard InChI is InChI=1S/C19H19N7O/c1-3-15(10-20-6-1)18-23-19(27-24-18)16-4-2-7-25(12-16)11-14-5-8-26-17(9-14)21-13-22-26/h1,3,5-6,8-10,13,16H,2,4,7,11-12H2. The van der Waals surface area contributed by atoms with Gasteiger partial charge in [0, 0.05) is 37.2 Å². The first-order chi connectivity index (χ1) is 13.3. The van der Waals surface area contributed by atoms with Crippen LogP contribution in [0, 0.1) is 0 Å². The molecular weight excluding hydrogens is 342 g/mol. The number of hydrogen-bond acceptors (Lipinski definition) is 7. The van der Waals surface area contributed by atoms with Crippen LogP contribution in [-0.4, -0.2) is 47.7 Å². The van der Waals surface area contributed by atoms with Crippen molar-refractivity contribution in [2.75, 3.05) is 13.1 Å². The van der Waals surface area contributed by atoms with Gasteiger partial charge in [0.2, 0.25) is 11.7 Å². The van der Waals surface area contributed by atoms with Crippen molar-refractivity contribution in [3.8, 4) is 11.4 Å². The van der Waals surface area contributed by atoms with Crippen LogP contribution in [0.2, 0.25) is 0 Å². The highest BCUT2D eigenvalue weighted by molar-refractivity contribution is 5.51. The minimum atomic E-state index is 0.258. The van der Waals surface area contributed by atoms with Crippen LogP contribution in [0.5, 0.6) is 0 Å². The zero-order valence-corrected chi connectivity index (χ0v) is 14.8. The molecule has 0 spiro atoms. The van der Waals surface area contributed by atoms with E-state index in [9.17, 15) is 0 Å². The lowest BCUT2D eigenvalue weighted by Crippen LogP contribution is -2.34. The lowest BCUT2D eigenvalue weighted by Gasteiger charge is -2.30. The second kappa shape index (κ2) is 6.88. The molecule has 4 aromatic heterocycles. The third kappa shape index (κ3) is 3.31. The predicted octanol–water partition coefficient (Wildman–Crippen LogP) is 2.55. The zero-order valence-electron chi connectivity index (χ0n) is 14.8. The number of pyridine rings is 2. The average Bonchev–Trinajstić information content (AvgIpc) is 3.38. The number of likely N-dealkylation sites (tertiary alicyclic amines) is 1. The van der Waals surface area contributed by atoms with E-state index in [4.69, 9.17) is 4.52 Å². The van der Waals surface area contributed by atoms with E-state index in [1.807, 2.05) is 18.3 Å². The molecule has 8 nitrogen and oxygen atoms in total. The van der Waals surface area contributed by atoms with Crippen LogP contribution in [0.3, 0.4) is 0 Å². The molecule has 0 N–H and O–H groups in total. The lowest BCUT2D eigenvalue weighted by atomic mass is 9.97. The van der Waals surface area contributed by atoms with Gasteiger partial charge in [-0.05, 0) is 49.2 Å². The van der Waals surface area contributed by atoms with Crippen LogP contribution in [0.25, 0.3) is 17.0 Å². The van der Waals surface area contributed by atoms with Crippen molar-refractivity contribution >= 4 is 5.65 Å². The Labute approximate surface area is 155 Å². The zero-order chi connectivity index (χ0) is 18.1. The largest absolute Gasteiger partial charge is 0.339 e. The molecule has 4 aromatic rings. The SMILES string of the molecule is c1cncc(-c2noc(C3CCCN(Cc4ccn5ncnc5c4)C3)n2)c1. The Morgan fingerprint density at radius 3 is 3.19 bits per heavy atom. The Hall–Kier alpha value is -3.13. The molecule has 8 heteroatoms. The molecule has 0 saturated carbocycles. The Morgan fingerprint density at radius 2 is 2.26 bits per heavy atom. The highest BCUT2D eigenvalue weighted by Gasteiger charge is 2.26. The summed E-state index contributed by atoms with van der Waals surface area (Å²) < 4.78 is 7.35. The molecule has 0 radical (unpaired) electrons. The van der Waals surface area contributed by atoms with E-state index in [2.05, 4.69) is 42.2 Å². The molecule has 5 rings (SSSR count). The Morgan fingerprint density at radius 1 is 1.26 bits per heavy atom. The number of rotatable bonds is 4. The molecule has 0 bridgehead atoms. The molecule has 1 aliphatic rings. The van der Waals surface area contributed by atoms with Gasteiger partial charge in [0.15, 0.2) is 5.65 Å². The summed E-state index contributed by atoms with van der Waals surface area (Å²) in [6, 6.07) is 8.00. The Bertz CT molecular complexity index is 1040. The molecule has 1 aliphatic heterocycles. The first-order valence-electron chi connectivity index (χ1n) is 9.10. The maximum absolute atomic E-state index is 5.57. The molecular formula is C19H19N7O. The van der Waals surface area contributed by atoms with Crippen LogP contribution in [0.15, 0.2) is 53.7 Å². The number of hydrogen-bond donors (Lipinski definition) is 0. The highest BCUT2D eigenvalue weighted by Crippen LogP contribution is 2.28. The van der Waals surface area contributed by atoms with E-state index < -0.39 is 0 Å². The van der Waals surface area contributed by atoms with Gasteiger partial charge < -0.3 is 4.52 Å². The molecule has 27 heavy (non-hydrogen) atoms. The molecule has 0 aromatic carbocycles. The smallest absolute Gasteiger partial charge is 0.231 e. The van der Waals surface area contributed by atoms with Gasteiger partial charge in [0.25, 0.3) is 0 Å². The number of piperidine rings is 1. The van der Waals surface area contributed by atoms with Crippen LogP contribution >= 0.6 is 0 Å². The van der Waals surface area contributed by atoms with E-state index in [1.165, 1.54) is 5.56 Å². The molecule has 0 aliphatic carbocycles. The second-order valence-corrected chi connectivity index (χ2v) is 6.87. The molecule has 136 valence electrons. The molecule has 5 heterocycles. The maximum atomic E-state index is 5.57. The number of fused-ring (bicyclic) bond motifs is 1. The lowest BCUT2D eigenvalue weighted by molar-refractivity contribution is 0.180. The third-order valence-electron chi connectivity index (χ3n) is 4.97. The summed E-state index contributed by atoms with van der Waals surface area (Å²) in [6.07, 6.45) is 9.20. The summed E-state index contributed by atoms with van der Waals surface area (Å²) in [5, 5.41) is 8.28. The van der Waals surface area contributed by atoms with Crippen LogP contribution in [-0.2, 0) is 6.54 Å². The van der Waals surface area contributed by atoms with Gasteiger partial charge in [-0.25, -0.2) is 9.50 Å². The summed E-state index contributed by atoms with van der Waals surface area (Å²) in [5.41, 5.74) is 2.98. The minimum absolute atomic E-state index is 0.258. The van der Waals surface area contributed by atoms with Gasteiger partial charge >= 0.3 is 0 Å². The molecule has 1 fully saturated rings. The van der Waals surface area contributed by atoms with Gasteiger partial charge in [0.1, 0.15) is 6.33 Å². The maximum Gasteiger partial charge on any atom is 0.231 e. The fraction of sp³-hybridized carbons (Fsp3) is 0.316. The molecule has 1 saturated heterocycles. The van der Waals surface area contributed by atoms with Gasteiger partial charge in [-0.15, -0.1) is 0 Å². The van der Waals surface area contributed by atoms with Crippen LogP contribution < -0.4 is 0 Å². The van der Waals surface area contributed by atoms with Crippen molar-refractivity contribution in [3.63, 3.8) is 0 Å². The molecule has 1 unspecified atom stereocenters. The summed E-state index contributed by atoms with van der Waals surface area (Å²) in [7, 11) is 0. The minimum Gasteiger partial charge on any atom is -0.339 e. The van der Waals surface area contributed by atoms with Crippen molar-refractivity contribution in [1.82, 2.24) is 34.6 Å². The molecule has 0 amide bonds. The first-order valence-corrected chi connectivity index (χ1v) is 9.10. The van der Waals surface area contributed by atoms with Gasteiger partial charge in [-0.1, -0.05) is 5.16 Å². The topological polar surface area (TPSA) is 85.2 Å². The summed E-state index contributed by atoms with van der Waals surface area (Å²) in [4.78, 5) is 15.4. The van der Waals surface area contributed by atoms with E-state index in [1.54, 1.807) is 23.2 Å². The monoisotopic (exact) mass is 361 g/mol. The van der Waals surface area contributed by atoms with Crippen molar-refractivity contribution in [1.29, 1.82) is 0 Å². The van der Waals surface area contributed by atoms with E-state index >= 15 is 0 Å². The summed E-state index contributed by atoms with van der Waals surface area (Å²) in [5.74, 6) is 1.58. The highest BCUT2D eigenvalue weighted by atomic mass is 16.5. The third-order valence-corrected chi connectivity index (χ3v) is 4.97. The average molecular weight is 361 g/mol. The Kier molecular flexibility index (Phi) is 4.10. The van der Waals surface area contributed by atoms with Crippen molar-refractivity contribution in [2.24, 2.45) is 0 Å². The van der Waals surface area contributed by atoms with Crippen molar-refractivity contribution in [3.05, 3.63) is 60.6 Å².